The van der Waals surface area contributed by atoms with Crippen LogP contribution in [0.1, 0.15) is 6.92 Å². The first kappa shape index (κ1) is 9.27. The molecule has 0 aliphatic carbocycles. The van der Waals surface area contributed by atoms with E-state index in [2.05, 4.69) is 0 Å². The summed E-state index contributed by atoms with van der Waals surface area (Å²) in [6.45, 7) is 2.15. The summed E-state index contributed by atoms with van der Waals surface area (Å²) < 4.78 is 10.6. The Morgan fingerprint density at radius 1 is 1.71 bits per heavy atom. The van der Waals surface area contributed by atoms with Gasteiger partial charge in [0.15, 0.2) is 11.5 Å². The largest absolute Gasteiger partial charge is 0.496 e. The van der Waals surface area contributed by atoms with Gasteiger partial charge in [0, 0.05) is 18.8 Å². The molecule has 0 bridgehead atoms. The smallest absolute Gasteiger partial charge is 0.223 e. The number of ether oxygens (including phenoxy) is 2. The fourth-order valence-electron chi connectivity index (χ4n) is 1.60. The van der Waals surface area contributed by atoms with Crippen LogP contribution in [0.15, 0.2) is 23.6 Å². The van der Waals surface area contributed by atoms with E-state index in [-0.39, 0.29) is 5.78 Å². The predicted octanol–water partition coefficient (Wildman–Crippen LogP) is 0.661. The van der Waals surface area contributed by atoms with Crippen LogP contribution in [0, 0.1) is 0 Å². The Balaban J connectivity index is 2.35. The van der Waals surface area contributed by atoms with E-state index in [1.54, 1.807) is 19.4 Å². The Morgan fingerprint density at radius 3 is 2.79 bits per heavy atom. The van der Waals surface area contributed by atoms with Gasteiger partial charge in [-0.15, -0.1) is 0 Å². The normalized spacial score (nSPS) is 29.8. The van der Waals surface area contributed by atoms with Gasteiger partial charge < -0.3 is 14.4 Å². The maximum Gasteiger partial charge on any atom is 0.223 e. The lowest BCUT2D eigenvalue weighted by atomic mass is 10.1. The van der Waals surface area contributed by atoms with Gasteiger partial charge in [0.25, 0.3) is 0 Å². The van der Waals surface area contributed by atoms with Gasteiger partial charge in [-0.3, -0.25) is 4.79 Å². The Morgan fingerprint density at radius 2 is 2.36 bits per heavy atom. The van der Waals surface area contributed by atoms with Crippen molar-refractivity contribution in [3.05, 3.63) is 23.6 Å². The number of Topliss-reactive ketones (excluding diaryl/α,β-unsaturated/α-hetero) is 1. The molecular weight excluding hydrogens is 182 g/mol. The molecule has 2 rings (SSSR count). The summed E-state index contributed by atoms with van der Waals surface area (Å²) in [5.74, 6) is 0.731. The summed E-state index contributed by atoms with van der Waals surface area (Å²) in [5, 5.41) is 0. The van der Waals surface area contributed by atoms with Crippen LogP contribution in [0.25, 0.3) is 0 Å². The molecule has 4 nitrogen and oxygen atoms in total. The predicted molar refractivity (Wildman–Crippen MR) is 50.3 cm³/mol. The Labute approximate surface area is 82.8 Å². The van der Waals surface area contributed by atoms with Crippen LogP contribution < -0.4 is 0 Å². The molecule has 1 spiro atoms. The van der Waals surface area contributed by atoms with Crippen molar-refractivity contribution in [2.24, 2.45) is 0 Å². The van der Waals surface area contributed by atoms with Crippen LogP contribution in [-0.2, 0) is 14.3 Å². The SMILES string of the molecule is COC1=CC(C(C)=O)=CN(C)C12CO2. The zero-order chi connectivity index (χ0) is 10.3. The van der Waals surface area contributed by atoms with Crippen molar-refractivity contribution >= 4 is 5.78 Å². The van der Waals surface area contributed by atoms with Crippen molar-refractivity contribution in [3.8, 4) is 0 Å². The van der Waals surface area contributed by atoms with E-state index in [4.69, 9.17) is 9.47 Å². The van der Waals surface area contributed by atoms with Crippen molar-refractivity contribution in [2.75, 3.05) is 20.8 Å². The van der Waals surface area contributed by atoms with E-state index >= 15 is 0 Å². The molecule has 0 amide bonds. The highest BCUT2D eigenvalue weighted by Crippen LogP contribution is 2.41. The average molecular weight is 195 g/mol. The molecule has 0 N–H and O–H groups in total. The number of carbonyl (C=O) groups excluding carboxylic acids is 1. The maximum absolute atomic E-state index is 11.2. The van der Waals surface area contributed by atoms with E-state index < -0.39 is 5.72 Å². The second-order valence-electron chi connectivity index (χ2n) is 3.54. The molecule has 2 heterocycles. The molecule has 0 saturated carbocycles. The highest BCUT2D eigenvalue weighted by atomic mass is 16.6. The van der Waals surface area contributed by atoms with Gasteiger partial charge in [-0.05, 0) is 13.0 Å². The van der Waals surface area contributed by atoms with Gasteiger partial charge in [0.1, 0.15) is 6.61 Å². The van der Waals surface area contributed by atoms with Crippen LogP contribution in [0.3, 0.4) is 0 Å². The molecule has 1 atom stereocenters. The second-order valence-corrected chi connectivity index (χ2v) is 3.54. The monoisotopic (exact) mass is 195 g/mol. The Kier molecular flexibility index (Phi) is 1.89. The lowest BCUT2D eigenvalue weighted by Gasteiger charge is -2.28. The number of likely N-dealkylation sites (N-methyl/N-ethyl adjacent to an activating group) is 1. The van der Waals surface area contributed by atoms with Crippen molar-refractivity contribution in [1.29, 1.82) is 0 Å². The van der Waals surface area contributed by atoms with E-state index in [0.29, 0.717) is 17.9 Å². The standard InChI is InChI=1S/C10H13NO3/c1-7(12)8-4-9(13-3)10(6-14-10)11(2)5-8/h4-5H,6H2,1-3H3. The zero-order valence-corrected chi connectivity index (χ0v) is 8.53. The summed E-state index contributed by atoms with van der Waals surface area (Å²) in [6.07, 6.45) is 3.53. The molecule has 2 aliphatic heterocycles. The number of allylic oxidation sites excluding steroid dienone is 2. The molecule has 0 aromatic carbocycles. The third kappa shape index (κ3) is 1.14. The van der Waals surface area contributed by atoms with Crippen LogP contribution in [0.2, 0.25) is 0 Å². The summed E-state index contributed by atoms with van der Waals surface area (Å²) in [5.41, 5.74) is 0.207. The summed E-state index contributed by atoms with van der Waals surface area (Å²) in [7, 11) is 3.47. The third-order valence-corrected chi connectivity index (χ3v) is 2.62. The molecule has 14 heavy (non-hydrogen) atoms. The van der Waals surface area contributed by atoms with Crippen molar-refractivity contribution in [3.63, 3.8) is 0 Å². The van der Waals surface area contributed by atoms with Gasteiger partial charge in [-0.2, -0.15) is 0 Å². The molecule has 0 aromatic rings. The van der Waals surface area contributed by atoms with Gasteiger partial charge in [0.2, 0.25) is 5.72 Å². The van der Waals surface area contributed by atoms with Gasteiger partial charge in [0.05, 0.1) is 7.11 Å². The average Bonchev–Trinajstić information content (AvgIpc) is 2.91. The molecule has 0 radical (unpaired) electrons. The number of nitrogens with zero attached hydrogens (tertiary/aromatic N) is 1. The number of ketones is 1. The molecular formula is C10H13NO3. The first-order valence-electron chi connectivity index (χ1n) is 4.46. The van der Waals surface area contributed by atoms with Crippen molar-refractivity contribution in [2.45, 2.75) is 12.6 Å². The molecule has 76 valence electrons. The van der Waals surface area contributed by atoms with Crippen molar-refractivity contribution < 1.29 is 14.3 Å². The molecule has 2 aliphatic rings. The number of methoxy groups -OCH3 is 1. The molecule has 1 saturated heterocycles. The highest BCUT2D eigenvalue weighted by molar-refractivity contribution is 5.96. The topological polar surface area (TPSA) is 42.1 Å². The number of carbonyl (C=O) groups is 1. The second kappa shape index (κ2) is 2.85. The number of hydrogen-bond acceptors (Lipinski definition) is 4. The van der Waals surface area contributed by atoms with Gasteiger partial charge in [-0.25, -0.2) is 0 Å². The van der Waals surface area contributed by atoms with E-state index in [9.17, 15) is 4.79 Å². The number of rotatable bonds is 2. The van der Waals surface area contributed by atoms with Crippen LogP contribution in [0.4, 0.5) is 0 Å². The molecule has 0 aromatic heterocycles. The quantitative estimate of drug-likeness (QED) is 0.607. The maximum atomic E-state index is 11.2. The van der Waals surface area contributed by atoms with E-state index in [0.717, 1.165) is 0 Å². The van der Waals surface area contributed by atoms with E-state index in [1.807, 2.05) is 11.9 Å². The number of epoxide rings is 1. The van der Waals surface area contributed by atoms with Gasteiger partial charge >= 0.3 is 0 Å². The third-order valence-electron chi connectivity index (χ3n) is 2.62. The minimum atomic E-state index is -0.437. The zero-order valence-electron chi connectivity index (χ0n) is 8.53. The van der Waals surface area contributed by atoms with Crippen LogP contribution in [0.5, 0.6) is 0 Å². The van der Waals surface area contributed by atoms with Crippen molar-refractivity contribution in [1.82, 2.24) is 4.90 Å². The Bertz CT molecular complexity index is 339. The van der Waals surface area contributed by atoms with E-state index in [1.165, 1.54) is 6.92 Å². The Hall–Kier alpha value is -1.29. The molecule has 1 unspecified atom stereocenters. The summed E-state index contributed by atoms with van der Waals surface area (Å²) in [6, 6.07) is 0. The highest BCUT2D eigenvalue weighted by Gasteiger charge is 2.54. The lowest BCUT2D eigenvalue weighted by Crippen LogP contribution is -2.36. The minimum absolute atomic E-state index is 0.0295. The minimum Gasteiger partial charge on any atom is -0.496 e. The molecule has 1 fully saturated rings. The van der Waals surface area contributed by atoms with Gasteiger partial charge in [-0.1, -0.05) is 0 Å². The van der Waals surface area contributed by atoms with Crippen LogP contribution in [-0.4, -0.2) is 37.2 Å². The summed E-state index contributed by atoms with van der Waals surface area (Å²) in [4.78, 5) is 13.1. The molecule has 4 heteroatoms. The fourth-order valence-corrected chi connectivity index (χ4v) is 1.60. The summed E-state index contributed by atoms with van der Waals surface area (Å²) >= 11 is 0. The van der Waals surface area contributed by atoms with Crippen LogP contribution >= 0.6 is 0 Å². The lowest BCUT2D eigenvalue weighted by molar-refractivity contribution is -0.113. The number of hydrogen-bond donors (Lipinski definition) is 0. The first-order chi connectivity index (χ1) is 6.60. The first-order valence-corrected chi connectivity index (χ1v) is 4.46. The fraction of sp³-hybridized carbons (Fsp3) is 0.500.